The van der Waals surface area contributed by atoms with Crippen molar-refractivity contribution >= 4 is 17.3 Å². The SMILES string of the molecule is C=C(NCC=O)C1CC1c1nc2ccccc2[nH]1. The van der Waals surface area contributed by atoms with E-state index in [0.717, 1.165) is 35.3 Å². The number of benzene rings is 1. The lowest BCUT2D eigenvalue weighted by atomic mass is 10.2. The Morgan fingerprint density at radius 2 is 2.39 bits per heavy atom. The third kappa shape index (κ3) is 1.90. The summed E-state index contributed by atoms with van der Waals surface area (Å²) in [5, 5.41) is 3.02. The first-order valence-electron chi connectivity index (χ1n) is 6.10. The molecular formula is C14H15N3O. The molecule has 1 aromatic heterocycles. The van der Waals surface area contributed by atoms with E-state index >= 15 is 0 Å². The summed E-state index contributed by atoms with van der Waals surface area (Å²) in [6.45, 7) is 4.31. The van der Waals surface area contributed by atoms with E-state index in [1.807, 2.05) is 24.3 Å². The molecule has 0 bridgehead atoms. The normalized spacial score (nSPS) is 21.8. The van der Waals surface area contributed by atoms with Gasteiger partial charge in [0.15, 0.2) is 0 Å². The Balaban J connectivity index is 1.73. The molecule has 2 unspecified atom stereocenters. The van der Waals surface area contributed by atoms with Crippen LogP contribution in [-0.4, -0.2) is 22.8 Å². The number of rotatable bonds is 5. The van der Waals surface area contributed by atoms with E-state index in [2.05, 4.69) is 21.9 Å². The first kappa shape index (κ1) is 11.0. The van der Waals surface area contributed by atoms with E-state index < -0.39 is 0 Å². The Labute approximate surface area is 105 Å². The number of carbonyl (C=O) groups excluding carboxylic acids is 1. The molecule has 0 amide bonds. The quantitative estimate of drug-likeness (QED) is 0.787. The van der Waals surface area contributed by atoms with Crippen molar-refractivity contribution in [1.82, 2.24) is 15.3 Å². The van der Waals surface area contributed by atoms with Gasteiger partial charge < -0.3 is 15.1 Å². The molecule has 1 fully saturated rings. The third-order valence-electron chi connectivity index (χ3n) is 3.41. The number of carbonyl (C=O) groups is 1. The molecular weight excluding hydrogens is 226 g/mol. The van der Waals surface area contributed by atoms with Crippen molar-refractivity contribution in [3.05, 3.63) is 42.4 Å². The summed E-state index contributed by atoms with van der Waals surface area (Å²) in [7, 11) is 0. The van der Waals surface area contributed by atoms with Gasteiger partial charge in [-0.05, 0) is 18.6 Å². The molecule has 0 radical (unpaired) electrons. The Hall–Kier alpha value is -2.10. The zero-order chi connectivity index (χ0) is 12.5. The number of fused-ring (bicyclic) bond motifs is 1. The highest BCUT2D eigenvalue weighted by atomic mass is 16.1. The Bertz CT molecular complexity index is 569. The van der Waals surface area contributed by atoms with Crippen LogP contribution in [0.25, 0.3) is 11.0 Å². The summed E-state index contributed by atoms with van der Waals surface area (Å²) < 4.78 is 0. The van der Waals surface area contributed by atoms with Gasteiger partial charge in [-0.1, -0.05) is 18.7 Å². The summed E-state index contributed by atoms with van der Waals surface area (Å²) >= 11 is 0. The molecule has 0 spiro atoms. The maximum absolute atomic E-state index is 10.3. The Kier molecular flexibility index (Phi) is 2.63. The van der Waals surface area contributed by atoms with Crippen LogP contribution in [0.5, 0.6) is 0 Å². The number of para-hydroxylation sites is 2. The van der Waals surface area contributed by atoms with Crippen molar-refractivity contribution < 1.29 is 4.79 Å². The lowest BCUT2D eigenvalue weighted by Gasteiger charge is -2.04. The highest BCUT2D eigenvalue weighted by Gasteiger charge is 2.42. The molecule has 2 N–H and O–H groups in total. The minimum atomic E-state index is 0.335. The van der Waals surface area contributed by atoms with Gasteiger partial charge in [0.05, 0.1) is 17.6 Å². The number of aromatic amines is 1. The van der Waals surface area contributed by atoms with Crippen LogP contribution < -0.4 is 5.32 Å². The number of hydrogen-bond acceptors (Lipinski definition) is 3. The maximum Gasteiger partial charge on any atom is 0.139 e. The average molecular weight is 241 g/mol. The number of hydrogen-bond donors (Lipinski definition) is 2. The molecule has 3 rings (SSSR count). The predicted molar refractivity (Wildman–Crippen MR) is 70.1 cm³/mol. The van der Waals surface area contributed by atoms with Crippen LogP contribution in [0.1, 0.15) is 18.2 Å². The van der Waals surface area contributed by atoms with Gasteiger partial charge >= 0.3 is 0 Å². The molecule has 1 aliphatic rings. The smallest absolute Gasteiger partial charge is 0.139 e. The zero-order valence-corrected chi connectivity index (χ0v) is 10.0. The van der Waals surface area contributed by atoms with Crippen LogP contribution in [0.2, 0.25) is 0 Å². The molecule has 2 atom stereocenters. The molecule has 18 heavy (non-hydrogen) atoms. The Morgan fingerprint density at radius 1 is 1.56 bits per heavy atom. The molecule has 4 nitrogen and oxygen atoms in total. The van der Waals surface area contributed by atoms with Crippen LogP contribution in [0.15, 0.2) is 36.5 Å². The molecule has 0 saturated heterocycles. The molecule has 2 aromatic rings. The molecule has 4 heteroatoms. The van der Waals surface area contributed by atoms with E-state index in [-0.39, 0.29) is 0 Å². The largest absolute Gasteiger partial charge is 0.382 e. The topological polar surface area (TPSA) is 57.8 Å². The second kappa shape index (κ2) is 4.29. The second-order valence-electron chi connectivity index (χ2n) is 4.66. The van der Waals surface area contributed by atoms with Crippen LogP contribution in [0, 0.1) is 5.92 Å². The van der Waals surface area contributed by atoms with Crippen molar-refractivity contribution in [3.8, 4) is 0 Å². The van der Waals surface area contributed by atoms with Gasteiger partial charge in [0, 0.05) is 17.5 Å². The lowest BCUT2D eigenvalue weighted by Crippen LogP contribution is -2.16. The van der Waals surface area contributed by atoms with Crippen LogP contribution in [0.4, 0.5) is 0 Å². The molecule has 1 aliphatic carbocycles. The van der Waals surface area contributed by atoms with Crippen molar-refractivity contribution in [2.24, 2.45) is 5.92 Å². The van der Waals surface area contributed by atoms with Crippen molar-refractivity contribution in [1.29, 1.82) is 0 Å². The number of allylic oxidation sites excluding steroid dienone is 1. The molecule has 92 valence electrons. The van der Waals surface area contributed by atoms with Gasteiger partial charge in [0.2, 0.25) is 0 Å². The van der Waals surface area contributed by atoms with Crippen LogP contribution >= 0.6 is 0 Å². The molecule has 0 aliphatic heterocycles. The molecule has 1 aromatic carbocycles. The summed E-state index contributed by atoms with van der Waals surface area (Å²) in [6, 6.07) is 8.02. The minimum Gasteiger partial charge on any atom is -0.382 e. The van der Waals surface area contributed by atoms with Crippen molar-refractivity contribution in [2.45, 2.75) is 12.3 Å². The van der Waals surface area contributed by atoms with E-state index in [1.54, 1.807) is 0 Å². The first-order valence-corrected chi connectivity index (χ1v) is 6.10. The predicted octanol–water partition coefficient (Wildman–Crippen LogP) is 1.97. The first-order chi connectivity index (χ1) is 8.79. The van der Waals surface area contributed by atoms with Gasteiger partial charge in [-0.3, -0.25) is 0 Å². The van der Waals surface area contributed by atoms with Gasteiger partial charge in [-0.25, -0.2) is 4.98 Å². The average Bonchev–Trinajstić information content (AvgIpc) is 3.08. The fourth-order valence-electron chi connectivity index (χ4n) is 2.33. The third-order valence-corrected chi connectivity index (χ3v) is 3.41. The monoisotopic (exact) mass is 241 g/mol. The molecule has 1 heterocycles. The van der Waals surface area contributed by atoms with E-state index in [0.29, 0.717) is 18.4 Å². The zero-order valence-electron chi connectivity index (χ0n) is 10.0. The maximum atomic E-state index is 10.3. The van der Waals surface area contributed by atoms with Gasteiger partial charge in [0.25, 0.3) is 0 Å². The number of aldehydes is 1. The van der Waals surface area contributed by atoms with Crippen molar-refractivity contribution in [3.63, 3.8) is 0 Å². The van der Waals surface area contributed by atoms with Gasteiger partial charge in [-0.15, -0.1) is 0 Å². The lowest BCUT2D eigenvalue weighted by molar-refractivity contribution is -0.107. The number of nitrogens with one attached hydrogen (secondary N) is 2. The summed E-state index contributed by atoms with van der Waals surface area (Å²) in [4.78, 5) is 18.2. The van der Waals surface area contributed by atoms with E-state index in [9.17, 15) is 4.79 Å². The summed E-state index contributed by atoms with van der Waals surface area (Å²) in [5.41, 5.74) is 3.02. The Morgan fingerprint density at radius 3 is 3.17 bits per heavy atom. The van der Waals surface area contributed by atoms with Crippen LogP contribution in [0.3, 0.4) is 0 Å². The standard InChI is InChI=1S/C14H15N3O/c1-9(15-6-7-18)10-8-11(10)14-16-12-4-2-3-5-13(12)17-14/h2-5,7,10-11,15H,1,6,8H2,(H,16,17). The summed E-state index contributed by atoms with van der Waals surface area (Å²) in [6.07, 6.45) is 1.90. The molecule has 1 saturated carbocycles. The van der Waals surface area contributed by atoms with Gasteiger partial charge in [-0.2, -0.15) is 0 Å². The number of H-pyrrole nitrogens is 1. The van der Waals surface area contributed by atoms with E-state index in [1.165, 1.54) is 0 Å². The fraction of sp³-hybridized carbons (Fsp3) is 0.286. The van der Waals surface area contributed by atoms with E-state index in [4.69, 9.17) is 0 Å². The van der Waals surface area contributed by atoms with Crippen molar-refractivity contribution in [2.75, 3.05) is 6.54 Å². The van der Waals surface area contributed by atoms with Gasteiger partial charge in [0.1, 0.15) is 12.1 Å². The minimum absolute atomic E-state index is 0.335. The second-order valence-corrected chi connectivity index (χ2v) is 4.66. The highest BCUT2D eigenvalue weighted by molar-refractivity contribution is 5.75. The number of imidazole rings is 1. The van der Waals surface area contributed by atoms with Crippen LogP contribution in [-0.2, 0) is 4.79 Å². The summed E-state index contributed by atoms with van der Waals surface area (Å²) in [5.74, 6) is 1.82. The number of nitrogens with zero attached hydrogens (tertiary/aromatic N) is 1. The number of aromatic nitrogens is 2. The fourth-order valence-corrected chi connectivity index (χ4v) is 2.33. The highest BCUT2D eigenvalue weighted by Crippen LogP contribution is 2.49.